The van der Waals surface area contributed by atoms with Crippen molar-refractivity contribution in [2.45, 2.75) is 10.9 Å². The zero-order chi connectivity index (χ0) is 20.9. The molecule has 30 heavy (non-hydrogen) atoms. The second-order valence-electron chi connectivity index (χ2n) is 6.49. The molecule has 0 aliphatic rings. The van der Waals surface area contributed by atoms with E-state index in [1.807, 2.05) is 66.7 Å². The lowest BCUT2D eigenvalue weighted by Crippen LogP contribution is -2.00. The van der Waals surface area contributed by atoms with E-state index in [2.05, 4.69) is 20.8 Å². The maximum Gasteiger partial charge on any atom is 0.196 e. The van der Waals surface area contributed by atoms with Gasteiger partial charge in [0.05, 0.1) is 14.2 Å². The van der Waals surface area contributed by atoms with Crippen LogP contribution in [0.4, 0.5) is 0 Å². The van der Waals surface area contributed by atoms with Gasteiger partial charge in [-0.15, -0.1) is 10.2 Å². The van der Waals surface area contributed by atoms with Gasteiger partial charge in [0.15, 0.2) is 11.0 Å². The summed E-state index contributed by atoms with van der Waals surface area (Å²) in [5.74, 6) is 3.09. The highest BCUT2D eigenvalue weighted by Crippen LogP contribution is 2.31. The molecule has 0 spiro atoms. The zero-order valence-corrected chi connectivity index (χ0v) is 18.2. The van der Waals surface area contributed by atoms with Crippen molar-refractivity contribution in [3.05, 3.63) is 83.4 Å². The second-order valence-corrected chi connectivity index (χ2v) is 7.87. The molecule has 0 amide bonds. The Kier molecular flexibility index (Phi) is 6.26. The minimum Gasteiger partial charge on any atom is -0.497 e. The summed E-state index contributed by atoms with van der Waals surface area (Å²) in [5, 5.41) is 10.5. The summed E-state index contributed by atoms with van der Waals surface area (Å²) in [4.78, 5) is 0. The van der Waals surface area contributed by atoms with E-state index >= 15 is 0 Å². The van der Waals surface area contributed by atoms with Crippen LogP contribution < -0.4 is 9.47 Å². The van der Waals surface area contributed by atoms with E-state index in [-0.39, 0.29) is 0 Å². The first kappa shape index (κ1) is 20.3. The normalized spacial score (nSPS) is 10.8. The molecular formula is C23H20ClN3O2S. The minimum absolute atomic E-state index is 0.726. The van der Waals surface area contributed by atoms with Crippen LogP contribution in [0.3, 0.4) is 0 Å². The van der Waals surface area contributed by atoms with Crippen molar-refractivity contribution >= 4 is 23.4 Å². The van der Waals surface area contributed by atoms with Crippen molar-refractivity contribution < 1.29 is 9.47 Å². The lowest BCUT2D eigenvalue weighted by Gasteiger charge is -2.11. The number of methoxy groups -OCH3 is 2. The van der Waals surface area contributed by atoms with Crippen molar-refractivity contribution in [2.75, 3.05) is 14.2 Å². The highest BCUT2D eigenvalue weighted by molar-refractivity contribution is 7.98. The lowest BCUT2D eigenvalue weighted by atomic mass is 10.2. The Morgan fingerprint density at radius 1 is 0.867 bits per heavy atom. The van der Waals surface area contributed by atoms with Gasteiger partial charge in [0.25, 0.3) is 0 Å². The number of hydrogen-bond acceptors (Lipinski definition) is 5. The van der Waals surface area contributed by atoms with Crippen LogP contribution in [0, 0.1) is 0 Å². The maximum atomic E-state index is 6.13. The van der Waals surface area contributed by atoms with Crippen molar-refractivity contribution in [3.63, 3.8) is 0 Å². The molecule has 7 heteroatoms. The Morgan fingerprint density at radius 2 is 1.53 bits per heavy atom. The van der Waals surface area contributed by atoms with Gasteiger partial charge in [0.2, 0.25) is 0 Å². The summed E-state index contributed by atoms with van der Waals surface area (Å²) < 4.78 is 12.6. The fraction of sp³-hybridized carbons (Fsp3) is 0.130. The van der Waals surface area contributed by atoms with E-state index in [9.17, 15) is 0 Å². The predicted molar refractivity (Wildman–Crippen MR) is 121 cm³/mol. The van der Waals surface area contributed by atoms with Gasteiger partial charge >= 0.3 is 0 Å². The molecule has 0 unspecified atom stereocenters. The van der Waals surface area contributed by atoms with Crippen LogP contribution in [-0.2, 0) is 5.75 Å². The fourth-order valence-corrected chi connectivity index (χ4v) is 4.14. The SMILES string of the molecule is COc1ccc(-c2nnc(SCc3cccc(Cl)c3)n2-c2ccc(OC)cc2)cc1. The predicted octanol–water partition coefficient (Wildman–Crippen LogP) is 5.90. The molecule has 0 radical (unpaired) electrons. The molecule has 0 bridgehead atoms. The molecule has 0 N–H and O–H groups in total. The van der Waals surface area contributed by atoms with Gasteiger partial charge in [0, 0.05) is 22.0 Å². The molecule has 0 saturated carbocycles. The highest BCUT2D eigenvalue weighted by Gasteiger charge is 2.16. The van der Waals surface area contributed by atoms with Gasteiger partial charge in [0.1, 0.15) is 11.5 Å². The Hall–Kier alpha value is -2.96. The van der Waals surface area contributed by atoms with E-state index in [1.165, 1.54) is 0 Å². The summed E-state index contributed by atoms with van der Waals surface area (Å²) in [7, 11) is 3.31. The van der Waals surface area contributed by atoms with Crippen LogP contribution in [0.25, 0.3) is 17.1 Å². The Bertz CT molecular complexity index is 1130. The van der Waals surface area contributed by atoms with Crippen molar-refractivity contribution in [1.29, 1.82) is 0 Å². The number of hydrogen-bond donors (Lipinski definition) is 0. The Labute approximate surface area is 184 Å². The molecular weight excluding hydrogens is 418 g/mol. The third kappa shape index (κ3) is 4.45. The molecule has 5 nitrogen and oxygen atoms in total. The van der Waals surface area contributed by atoms with E-state index in [4.69, 9.17) is 21.1 Å². The third-order valence-electron chi connectivity index (χ3n) is 4.57. The van der Waals surface area contributed by atoms with Crippen LogP contribution in [0.1, 0.15) is 5.56 Å². The first-order valence-corrected chi connectivity index (χ1v) is 10.7. The van der Waals surface area contributed by atoms with Crippen LogP contribution in [0.2, 0.25) is 5.02 Å². The Morgan fingerprint density at radius 3 is 2.17 bits per heavy atom. The first-order chi connectivity index (χ1) is 14.7. The second kappa shape index (κ2) is 9.24. The number of aromatic nitrogens is 3. The Balaban J connectivity index is 1.72. The standard InChI is InChI=1S/C23H20ClN3O2S/c1-28-20-10-6-17(7-11-20)22-25-26-23(30-15-16-4-3-5-18(24)14-16)27(22)19-8-12-21(29-2)13-9-19/h3-14H,15H2,1-2H3. The molecule has 152 valence electrons. The van der Waals surface area contributed by atoms with E-state index in [1.54, 1.807) is 26.0 Å². The van der Waals surface area contributed by atoms with Gasteiger partial charge < -0.3 is 9.47 Å². The van der Waals surface area contributed by atoms with E-state index in [0.717, 1.165) is 50.1 Å². The van der Waals surface area contributed by atoms with Crippen LogP contribution in [-0.4, -0.2) is 29.0 Å². The maximum absolute atomic E-state index is 6.13. The summed E-state index contributed by atoms with van der Waals surface area (Å²) >= 11 is 7.74. The molecule has 3 aromatic carbocycles. The van der Waals surface area contributed by atoms with Gasteiger partial charge in [-0.1, -0.05) is 35.5 Å². The molecule has 0 aliphatic carbocycles. The number of halogens is 1. The van der Waals surface area contributed by atoms with Gasteiger partial charge in [-0.3, -0.25) is 4.57 Å². The molecule has 0 saturated heterocycles. The van der Waals surface area contributed by atoms with Gasteiger partial charge in [-0.25, -0.2) is 0 Å². The summed E-state index contributed by atoms with van der Waals surface area (Å²) in [6, 6.07) is 23.5. The van der Waals surface area contributed by atoms with E-state index in [0.29, 0.717) is 0 Å². The van der Waals surface area contributed by atoms with Crippen LogP contribution in [0.15, 0.2) is 78.0 Å². The minimum atomic E-state index is 0.726. The van der Waals surface area contributed by atoms with Crippen molar-refractivity contribution in [2.24, 2.45) is 0 Å². The fourth-order valence-electron chi connectivity index (χ4n) is 3.03. The molecule has 0 aliphatic heterocycles. The molecule has 0 atom stereocenters. The van der Waals surface area contributed by atoms with E-state index < -0.39 is 0 Å². The average molecular weight is 438 g/mol. The highest BCUT2D eigenvalue weighted by atomic mass is 35.5. The zero-order valence-electron chi connectivity index (χ0n) is 16.6. The average Bonchev–Trinajstić information content (AvgIpc) is 3.22. The quantitative estimate of drug-likeness (QED) is 0.337. The van der Waals surface area contributed by atoms with Crippen LogP contribution in [0.5, 0.6) is 11.5 Å². The first-order valence-electron chi connectivity index (χ1n) is 9.29. The summed E-state index contributed by atoms with van der Waals surface area (Å²) in [5.41, 5.74) is 3.04. The summed E-state index contributed by atoms with van der Waals surface area (Å²) in [6.07, 6.45) is 0. The molecule has 1 heterocycles. The summed E-state index contributed by atoms with van der Waals surface area (Å²) in [6.45, 7) is 0. The molecule has 1 aromatic heterocycles. The number of benzene rings is 3. The topological polar surface area (TPSA) is 49.2 Å². The largest absolute Gasteiger partial charge is 0.497 e. The lowest BCUT2D eigenvalue weighted by molar-refractivity contribution is 0.414. The number of thioether (sulfide) groups is 1. The number of rotatable bonds is 7. The monoisotopic (exact) mass is 437 g/mol. The molecule has 4 rings (SSSR count). The smallest absolute Gasteiger partial charge is 0.196 e. The van der Waals surface area contributed by atoms with Gasteiger partial charge in [-0.2, -0.15) is 0 Å². The van der Waals surface area contributed by atoms with Gasteiger partial charge in [-0.05, 0) is 66.2 Å². The molecule has 4 aromatic rings. The number of ether oxygens (including phenoxy) is 2. The molecule has 0 fully saturated rings. The number of nitrogens with zero attached hydrogens (tertiary/aromatic N) is 3. The van der Waals surface area contributed by atoms with Crippen molar-refractivity contribution in [1.82, 2.24) is 14.8 Å². The van der Waals surface area contributed by atoms with Crippen molar-refractivity contribution in [3.8, 4) is 28.6 Å². The third-order valence-corrected chi connectivity index (χ3v) is 5.80. The van der Waals surface area contributed by atoms with Crippen LogP contribution >= 0.6 is 23.4 Å².